The largest absolute Gasteiger partial charge is 0.479 e. The molecule has 0 fully saturated rings. The van der Waals surface area contributed by atoms with E-state index in [0.29, 0.717) is 35.4 Å². The molecule has 0 radical (unpaired) electrons. The number of carboxylic acids is 1. The lowest BCUT2D eigenvalue weighted by Crippen LogP contribution is -2.31. The molecule has 0 bridgehead atoms. The summed E-state index contributed by atoms with van der Waals surface area (Å²) in [6.07, 6.45) is 1.34. The number of carboxylic acid groups (broad SMARTS) is 1. The molecule has 29 heavy (non-hydrogen) atoms. The van der Waals surface area contributed by atoms with Crippen LogP contribution in [0, 0.1) is 5.82 Å². The van der Waals surface area contributed by atoms with Gasteiger partial charge in [-0.05, 0) is 49.1 Å². The molecule has 0 saturated heterocycles. The molecular weight excluding hydrogens is 468 g/mol. The van der Waals surface area contributed by atoms with Crippen LogP contribution >= 0.6 is 34.8 Å². The first-order chi connectivity index (χ1) is 13.6. The van der Waals surface area contributed by atoms with Gasteiger partial charge in [0.15, 0.2) is 18.2 Å². The van der Waals surface area contributed by atoms with Gasteiger partial charge in [-0.3, -0.25) is 0 Å². The van der Waals surface area contributed by atoms with Crippen LogP contribution in [-0.2, 0) is 21.2 Å². The maximum atomic E-state index is 14.4. The highest BCUT2D eigenvalue weighted by molar-refractivity contribution is 7.89. The van der Waals surface area contributed by atoms with Gasteiger partial charge in [0.05, 0.1) is 10.0 Å². The third-order valence-electron chi connectivity index (χ3n) is 4.43. The molecule has 0 amide bonds. The summed E-state index contributed by atoms with van der Waals surface area (Å²) in [5.41, 5.74) is 0.811. The molecule has 6 nitrogen and oxygen atoms in total. The predicted molar refractivity (Wildman–Crippen MR) is 107 cm³/mol. The van der Waals surface area contributed by atoms with Crippen molar-refractivity contribution in [3.8, 4) is 5.75 Å². The Balaban J connectivity index is 1.99. The summed E-state index contributed by atoms with van der Waals surface area (Å²) in [6.45, 7) is -0.750. The van der Waals surface area contributed by atoms with Crippen molar-refractivity contribution in [2.75, 3.05) is 6.61 Å². The number of halogens is 4. The minimum absolute atomic E-state index is 0.0383. The first-order valence-electron chi connectivity index (χ1n) is 8.43. The van der Waals surface area contributed by atoms with Crippen molar-refractivity contribution in [3.63, 3.8) is 0 Å². The molecule has 156 valence electrons. The van der Waals surface area contributed by atoms with Crippen molar-refractivity contribution in [2.24, 2.45) is 0 Å². The number of hydrogen-bond acceptors (Lipinski definition) is 4. The molecule has 2 aromatic rings. The Hall–Kier alpha value is -1.58. The van der Waals surface area contributed by atoms with E-state index in [9.17, 15) is 17.6 Å². The molecule has 3 rings (SSSR count). The molecule has 1 atom stereocenters. The maximum Gasteiger partial charge on any atom is 0.341 e. The van der Waals surface area contributed by atoms with Gasteiger partial charge >= 0.3 is 5.97 Å². The summed E-state index contributed by atoms with van der Waals surface area (Å²) < 4.78 is 47.8. The first kappa shape index (κ1) is 22.1. The molecule has 2 aromatic carbocycles. The van der Waals surface area contributed by atoms with E-state index in [1.54, 1.807) is 0 Å². The lowest BCUT2D eigenvalue weighted by molar-refractivity contribution is -0.139. The lowest BCUT2D eigenvalue weighted by atomic mass is 9.87. The van der Waals surface area contributed by atoms with Crippen LogP contribution in [0.1, 0.15) is 30.0 Å². The van der Waals surface area contributed by atoms with Crippen LogP contribution in [0.25, 0.3) is 0 Å². The van der Waals surface area contributed by atoms with Crippen LogP contribution in [0.15, 0.2) is 29.2 Å². The number of fused-ring (bicyclic) bond motifs is 1. The summed E-state index contributed by atoms with van der Waals surface area (Å²) >= 11 is 17.8. The minimum atomic E-state index is -4.02. The molecule has 0 spiro atoms. The van der Waals surface area contributed by atoms with Crippen LogP contribution in [0.5, 0.6) is 5.75 Å². The molecule has 11 heteroatoms. The number of sulfonamides is 1. The van der Waals surface area contributed by atoms with E-state index in [4.69, 9.17) is 44.6 Å². The number of ether oxygens (including phenoxy) is 1. The topological polar surface area (TPSA) is 92.7 Å². The Morgan fingerprint density at radius 1 is 1.24 bits per heavy atom. The molecule has 1 aliphatic carbocycles. The molecule has 1 aliphatic rings. The second-order valence-corrected chi connectivity index (χ2v) is 9.33. The molecule has 0 unspecified atom stereocenters. The zero-order chi connectivity index (χ0) is 21.3. The van der Waals surface area contributed by atoms with E-state index in [1.807, 2.05) is 0 Å². The number of benzene rings is 2. The van der Waals surface area contributed by atoms with Gasteiger partial charge in [0, 0.05) is 16.6 Å². The SMILES string of the molecule is O=C(O)COc1c(F)c(Cl)cc2c1CCC[C@H]2NS(=O)(=O)c1ccc(Cl)cc1Cl. The van der Waals surface area contributed by atoms with E-state index in [0.717, 1.165) is 0 Å². The average Bonchev–Trinajstić information content (AvgIpc) is 2.62. The van der Waals surface area contributed by atoms with E-state index >= 15 is 0 Å². The van der Waals surface area contributed by atoms with Crippen molar-refractivity contribution < 1.29 is 27.4 Å². The van der Waals surface area contributed by atoms with Gasteiger partial charge in [0.1, 0.15) is 4.90 Å². The van der Waals surface area contributed by atoms with E-state index in [-0.39, 0.29) is 20.7 Å². The molecule has 0 heterocycles. The van der Waals surface area contributed by atoms with Crippen molar-refractivity contribution in [2.45, 2.75) is 30.2 Å². The highest BCUT2D eigenvalue weighted by atomic mass is 35.5. The lowest BCUT2D eigenvalue weighted by Gasteiger charge is -2.28. The zero-order valence-electron chi connectivity index (χ0n) is 14.7. The second kappa shape index (κ2) is 8.65. The fraction of sp³-hybridized carbons (Fsp3) is 0.278. The first-order valence-corrected chi connectivity index (χ1v) is 11.0. The van der Waals surface area contributed by atoms with Crippen LogP contribution in [0.4, 0.5) is 4.39 Å². The maximum absolute atomic E-state index is 14.4. The van der Waals surface area contributed by atoms with Gasteiger partial charge in [0.2, 0.25) is 10.0 Å². The van der Waals surface area contributed by atoms with Crippen LogP contribution in [0.3, 0.4) is 0 Å². The highest BCUT2D eigenvalue weighted by Gasteiger charge is 2.31. The van der Waals surface area contributed by atoms with Gasteiger partial charge in [-0.2, -0.15) is 0 Å². The number of rotatable bonds is 6. The molecule has 0 aromatic heterocycles. The summed E-state index contributed by atoms with van der Waals surface area (Å²) in [5, 5.41) is 8.78. The van der Waals surface area contributed by atoms with Crippen molar-refractivity contribution >= 4 is 50.8 Å². The predicted octanol–water partition coefficient (Wildman–Crippen LogP) is 4.61. The van der Waals surface area contributed by atoms with E-state index < -0.39 is 34.5 Å². The Kier molecular flexibility index (Phi) is 6.60. The van der Waals surface area contributed by atoms with Crippen molar-refractivity contribution in [3.05, 3.63) is 56.3 Å². The van der Waals surface area contributed by atoms with Crippen molar-refractivity contribution in [1.29, 1.82) is 0 Å². The number of carbonyl (C=O) groups is 1. The Morgan fingerprint density at radius 3 is 2.62 bits per heavy atom. The van der Waals surface area contributed by atoms with Crippen LogP contribution in [0.2, 0.25) is 15.1 Å². The summed E-state index contributed by atoms with van der Waals surface area (Å²) in [6, 6.07) is 4.61. The highest BCUT2D eigenvalue weighted by Crippen LogP contribution is 2.41. The fourth-order valence-electron chi connectivity index (χ4n) is 3.22. The van der Waals surface area contributed by atoms with Crippen LogP contribution in [-0.4, -0.2) is 26.1 Å². The number of nitrogens with one attached hydrogen (secondary N) is 1. The van der Waals surface area contributed by atoms with Crippen LogP contribution < -0.4 is 9.46 Å². The average molecular weight is 483 g/mol. The van der Waals surface area contributed by atoms with Gasteiger partial charge in [-0.1, -0.05) is 34.8 Å². The third-order valence-corrected chi connectivity index (χ3v) is 6.89. The van der Waals surface area contributed by atoms with E-state index in [2.05, 4.69) is 4.72 Å². The number of hydrogen-bond donors (Lipinski definition) is 2. The monoisotopic (exact) mass is 481 g/mol. The number of aliphatic carboxylic acids is 1. The minimum Gasteiger partial charge on any atom is -0.479 e. The Labute approximate surface area is 181 Å². The fourth-order valence-corrected chi connectivity index (χ4v) is 5.44. The molecule has 0 saturated carbocycles. The van der Waals surface area contributed by atoms with E-state index in [1.165, 1.54) is 24.3 Å². The summed E-state index contributed by atoms with van der Waals surface area (Å²) in [4.78, 5) is 10.7. The molecule has 0 aliphatic heterocycles. The van der Waals surface area contributed by atoms with Gasteiger partial charge in [-0.25, -0.2) is 22.3 Å². The quantitative estimate of drug-likeness (QED) is 0.627. The van der Waals surface area contributed by atoms with Gasteiger partial charge in [0.25, 0.3) is 0 Å². The third kappa shape index (κ3) is 4.78. The molecular formula is C18H15Cl3FNO5S. The van der Waals surface area contributed by atoms with Gasteiger partial charge < -0.3 is 9.84 Å². The van der Waals surface area contributed by atoms with Crippen molar-refractivity contribution in [1.82, 2.24) is 4.72 Å². The Bertz CT molecular complexity index is 1080. The summed E-state index contributed by atoms with van der Waals surface area (Å²) in [7, 11) is -4.02. The Morgan fingerprint density at radius 2 is 1.97 bits per heavy atom. The standard InChI is InChI=1S/C18H15Cl3FNO5S/c19-9-4-5-15(12(20)6-9)29(26,27)23-14-3-1-2-10-11(14)7-13(21)17(22)18(10)28-8-16(24)25/h4-7,14,23H,1-3,8H2,(H,24,25)/t14-/m1/s1. The normalized spacial score (nSPS) is 16.3. The smallest absolute Gasteiger partial charge is 0.341 e. The zero-order valence-corrected chi connectivity index (χ0v) is 17.8. The summed E-state index contributed by atoms with van der Waals surface area (Å²) in [5.74, 6) is -2.43. The van der Waals surface area contributed by atoms with Gasteiger partial charge in [-0.15, -0.1) is 0 Å². The second-order valence-electron chi connectivity index (χ2n) is 6.39. The molecule has 2 N–H and O–H groups in total.